The molecule has 1 amide bonds. The van der Waals surface area contributed by atoms with E-state index in [4.69, 9.17) is 11.6 Å². The topological polar surface area (TPSA) is 76.1 Å². The van der Waals surface area contributed by atoms with Crippen LogP contribution < -0.4 is 4.72 Å². The van der Waals surface area contributed by atoms with Gasteiger partial charge in [0.05, 0.1) is 17.0 Å². The number of hydrogen-bond acceptors (Lipinski definition) is 4. The summed E-state index contributed by atoms with van der Waals surface area (Å²) in [5, 5.41) is 0.837. The van der Waals surface area contributed by atoms with Crippen molar-refractivity contribution in [2.24, 2.45) is 0 Å². The summed E-state index contributed by atoms with van der Waals surface area (Å²) in [6.07, 6.45) is 0.985. The SMILES string of the molecule is O=C(Cc1cc(Cl)c(Br)cc1F)NS(=O)(=O)c1cccc2cccnc12. The summed E-state index contributed by atoms with van der Waals surface area (Å²) >= 11 is 8.97. The van der Waals surface area contributed by atoms with Crippen LogP contribution in [0.2, 0.25) is 5.02 Å². The molecule has 0 atom stereocenters. The number of fused-ring (bicyclic) bond motifs is 1. The maximum absolute atomic E-state index is 13.9. The highest BCUT2D eigenvalue weighted by molar-refractivity contribution is 9.10. The molecule has 0 fully saturated rings. The number of hydrogen-bond donors (Lipinski definition) is 1. The standard InChI is InChI=1S/C17H11BrClFN2O3S/c18-12-9-14(20)11(7-13(12)19)8-16(23)22-26(24,25)15-5-1-3-10-4-2-6-21-17(10)15/h1-7,9H,8H2,(H,22,23). The lowest BCUT2D eigenvalue weighted by atomic mass is 10.1. The first-order chi connectivity index (χ1) is 12.3. The average molecular weight is 458 g/mol. The number of carbonyl (C=O) groups is 1. The Morgan fingerprint density at radius 1 is 1.23 bits per heavy atom. The lowest BCUT2D eigenvalue weighted by Gasteiger charge is -2.10. The number of aromatic nitrogens is 1. The predicted molar refractivity (Wildman–Crippen MR) is 99.9 cm³/mol. The maximum Gasteiger partial charge on any atom is 0.266 e. The van der Waals surface area contributed by atoms with Crippen molar-refractivity contribution >= 4 is 54.4 Å². The Labute approximate surface area is 162 Å². The maximum atomic E-state index is 13.9. The Hall–Kier alpha value is -2.03. The number of para-hydroxylation sites is 1. The highest BCUT2D eigenvalue weighted by Crippen LogP contribution is 2.26. The largest absolute Gasteiger partial charge is 0.274 e. The number of sulfonamides is 1. The predicted octanol–water partition coefficient (Wildman–Crippen LogP) is 3.84. The van der Waals surface area contributed by atoms with Gasteiger partial charge in [-0.05, 0) is 45.8 Å². The fourth-order valence-corrected chi connectivity index (χ4v) is 4.07. The monoisotopic (exact) mass is 456 g/mol. The molecule has 5 nitrogen and oxygen atoms in total. The molecule has 0 unspecified atom stereocenters. The number of rotatable bonds is 4. The lowest BCUT2D eigenvalue weighted by molar-refractivity contribution is -0.118. The molecule has 0 bridgehead atoms. The van der Waals surface area contributed by atoms with Crippen molar-refractivity contribution in [2.75, 3.05) is 0 Å². The van der Waals surface area contributed by atoms with Crippen LogP contribution in [-0.2, 0) is 21.2 Å². The smallest absolute Gasteiger partial charge is 0.266 e. The van der Waals surface area contributed by atoms with E-state index in [9.17, 15) is 17.6 Å². The summed E-state index contributed by atoms with van der Waals surface area (Å²) in [5.74, 6) is -1.55. The Balaban J connectivity index is 1.88. The highest BCUT2D eigenvalue weighted by atomic mass is 79.9. The molecule has 0 aliphatic heterocycles. The first-order valence-electron chi connectivity index (χ1n) is 7.31. The third-order valence-corrected chi connectivity index (χ3v) is 6.18. The Morgan fingerprint density at radius 3 is 2.73 bits per heavy atom. The molecule has 134 valence electrons. The van der Waals surface area contributed by atoms with Crippen LogP contribution in [0.5, 0.6) is 0 Å². The molecule has 3 rings (SSSR count). The van der Waals surface area contributed by atoms with Gasteiger partial charge in [-0.3, -0.25) is 9.78 Å². The molecule has 0 aliphatic rings. The number of carbonyl (C=O) groups excluding carboxylic acids is 1. The third-order valence-electron chi connectivity index (χ3n) is 3.57. The number of nitrogens with zero attached hydrogens (tertiary/aromatic N) is 1. The van der Waals surface area contributed by atoms with E-state index >= 15 is 0 Å². The average Bonchev–Trinajstić information content (AvgIpc) is 2.58. The van der Waals surface area contributed by atoms with Gasteiger partial charge < -0.3 is 0 Å². The van der Waals surface area contributed by atoms with Gasteiger partial charge in [0.1, 0.15) is 10.7 Å². The van der Waals surface area contributed by atoms with Crippen molar-refractivity contribution < 1.29 is 17.6 Å². The third kappa shape index (κ3) is 3.87. The molecule has 0 saturated heterocycles. The summed E-state index contributed by atoms with van der Waals surface area (Å²) in [5.41, 5.74) is 0.232. The molecular formula is C17H11BrClFN2O3S. The molecule has 0 saturated carbocycles. The minimum absolute atomic E-state index is 0.0121. The molecule has 0 radical (unpaired) electrons. The van der Waals surface area contributed by atoms with Gasteiger partial charge in [0.2, 0.25) is 5.91 Å². The van der Waals surface area contributed by atoms with Crippen LogP contribution in [0, 0.1) is 5.82 Å². The summed E-state index contributed by atoms with van der Waals surface area (Å²) < 4.78 is 41.3. The van der Waals surface area contributed by atoms with Crippen LogP contribution in [0.1, 0.15) is 5.56 Å². The van der Waals surface area contributed by atoms with Gasteiger partial charge >= 0.3 is 0 Å². The fraction of sp³-hybridized carbons (Fsp3) is 0.0588. The summed E-state index contributed by atoms with van der Waals surface area (Å²) in [6, 6.07) is 10.4. The number of halogens is 3. The number of benzene rings is 2. The van der Waals surface area contributed by atoms with Gasteiger partial charge in [-0.2, -0.15) is 0 Å². The van der Waals surface area contributed by atoms with Crippen LogP contribution in [0.15, 0.2) is 58.0 Å². The van der Waals surface area contributed by atoms with Gasteiger partial charge in [0, 0.05) is 16.1 Å². The zero-order chi connectivity index (χ0) is 18.9. The molecule has 2 aromatic carbocycles. The van der Waals surface area contributed by atoms with Crippen molar-refractivity contribution in [3.05, 3.63) is 69.5 Å². The second kappa shape index (κ2) is 7.30. The van der Waals surface area contributed by atoms with Crippen LogP contribution in [-0.4, -0.2) is 19.3 Å². The summed E-state index contributed by atoms with van der Waals surface area (Å²) in [4.78, 5) is 16.1. The molecule has 1 aromatic heterocycles. The van der Waals surface area contributed by atoms with Crippen LogP contribution in [0.4, 0.5) is 4.39 Å². The van der Waals surface area contributed by atoms with Gasteiger partial charge in [-0.1, -0.05) is 29.8 Å². The molecule has 1 heterocycles. The van der Waals surface area contributed by atoms with Crippen molar-refractivity contribution in [3.8, 4) is 0 Å². The number of amides is 1. The molecular weight excluding hydrogens is 447 g/mol. The Kier molecular flexibility index (Phi) is 5.27. The number of nitrogens with one attached hydrogen (secondary N) is 1. The Morgan fingerprint density at radius 2 is 1.96 bits per heavy atom. The van der Waals surface area contributed by atoms with E-state index in [-0.39, 0.29) is 21.0 Å². The zero-order valence-corrected chi connectivity index (χ0v) is 16.2. The van der Waals surface area contributed by atoms with E-state index in [0.29, 0.717) is 9.86 Å². The fourth-order valence-electron chi connectivity index (χ4n) is 2.41. The Bertz CT molecular complexity index is 1120. The number of pyridine rings is 1. The van der Waals surface area contributed by atoms with Gasteiger partial charge in [0.15, 0.2) is 0 Å². The second-order valence-electron chi connectivity index (χ2n) is 5.39. The van der Waals surface area contributed by atoms with Crippen molar-refractivity contribution in [1.29, 1.82) is 0 Å². The van der Waals surface area contributed by atoms with Crippen LogP contribution in [0.3, 0.4) is 0 Å². The molecule has 26 heavy (non-hydrogen) atoms. The molecule has 9 heteroatoms. The molecule has 3 aromatic rings. The molecule has 0 spiro atoms. The second-order valence-corrected chi connectivity index (χ2v) is 8.31. The van der Waals surface area contributed by atoms with E-state index in [0.717, 1.165) is 6.07 Å². The lowest BCUT2D eigenvalue weighted by Crippen LogP contribution is -2.32. The van der Waals surface area contributed by atoms with Crippen molar-refractivity contribution in [2.45, 2.75) is 11.3 Å². The van der Waals surface area contributed by atoms with E-state index in [1.165, 1.54) is 18.3 Å². The van der Waals surface area contributed by atoms with E-state index < -0.39 is 28.2 Å². The minimum Gasteiger partial charge on any atom is -0.274 e. The van der Waals surface area contributed by atoms with E-state index in [2.05, 4.69) is 20.9 Å². The summed E-state index contributed by atoms with van der Waals surface area (Å²) in [6.45, 7) is 0. The normalized spacial score (nSPS) is 11.5. The first-order valence-corrected chi connectivity index (χ1v) is 9.96. The zero-order valence-electron chi connectivity index (χ0n) is 13.0. The van der Waals surface area contributed by atoms with Crippen molar-refractivity contribution in [3.63, 3.8) is 0 Å². The minimum atomic E-state index is -4.16. The van der Waals surface area contributed by atoms with Gasteiger partial charge in [-0.25, -0.2) is 17.5 Å². The summed E-state index contributed by atoms with van der Waals surface area (Å²) in [7, 11) is -4.16. The first kappa shape index (κ1) is 18.8. The van der Waals surface area contributed by atoms with Gasteiger partial charge in [0.25, 0.3) is 10.0 Å². The molecule has 1 N–H and O–H groups in total. The van der Waals surface area contributed by atoms with Crippen molar-refractivity contribution in [1.82, 2.24) is 9.71 Å². The van der Waals surface area contributed by atoms with Crippen LogP contribution >= 0.6 is 27.5 Å². The molecule has 0 aliphatic carbocycles. The van der Waals surface area contributed by atoms with E-state index in [1.54, 1.807) is 24.3 Å². The quantitative estimate of drug-likeness (QED) is 0.604. The highest BCUT2D eigenvalue weighted by Gasteiger charge is 2.22. The van der Waals surface area contributed by atoms with Gasteiger partial charge in [-0.15, -0.1) is 0 Å². The van der Waals surface area contributed by atoms with E-state index in [1.807, 2.05) is 4.72 Å². The van der Waals surface area contributed by atoms with Crippen LogP contribution in [0.25, 0.3) is 10.9 Å².